The topological polar surface area (TPSA) is 62.7 Å². The number of carboxylic acids is 1. The second kappa shape index (κ2) is 9.54. The van der Waals surface area contributed by atoms with Crippen LogP contribution in [0.3, 0.4) is 0 Å². The summed E-state index contributed by atoms with van der Waals surface area (Å²) in [6.45, 7) is 2.55. The number of fused-ring (bicyclic) bond motifs is 1. The molecule has 0 bridgehead atoms. The maximum Gasteiger partial charge on any atom is 0.335 e. The Balaban J connectivity index is 1.67. The number of carbonyl (C=O) groups is 1. The van der Waals surface area contributed by atoms with Crippen LogP contribution in [0.15, 0.2) is 60.7 Å². The van der Waals surface area contributed by atoms with E-state index in [1.54, 1.807) is 31.4 Å². The fourth-order valence-corrected chi connectivity index (χ4v) is 4.76. The molecule has 170 valence electrons. The Kier molecular flexibility index (Phi) is 6.55. The number of rotatable bonds is 8. The van der Waals surface area contributed by atoms with Crippen LogP contribution in [0, 0.1) is 11.6 Å². The average molecular weight is 469 g/mol. The van der Waals surface area contributed by atoms with Gasteiger partial charge >= 0.3 is 5.97 Å². The predicted octanol–water partition coefficient (Wildman–Crippen LogP) is 6.09. The highest BCUT2D eigenvalue weighted by Gasteiger charge is 2.22. The van der Waals surface area contributed by atoms with Gasteiger partial charge in [-0.1, -0.05) is 35.6 Å². The normalized spacial score (nSPS) is 12.0. The zero-order valence-electron chi connectivity index (χ0n) is 18.1. The van der Waals surface area contributed by atoms with Crippen molar-refractivity contribution < 1.29 is 23.4 Å². The number of hydrogen-bond donors (Lipinski definition) is 1. The lowest BCUT2D eigenvalue weighted by Crippen LogP contribution is -2.29. The summed E-state index contributed by atoms with van der Waals surface area (Å²) >= 11 is 1.23. The molecular formula is C25H22F2N2O3S. The van der Waals surface area contributed by atoms with Crippen molar-refractivity contribution in [2.75, 3.05) is 18.6 Å². The van der Waals surface area contributed by atoms with E-state index in [4.69, 9.17) is 4.74 Å². The molecule has 0 saturated carbocycles. The number of thiazole rings is 1. The SMILES string of the molecule is COc1ccc(CCN(c2nc3c(F)cc(F)cc3s2)C(C)c2ccc(C(=O)O)cc2)cc1. The number of anilines is 1. The van der Waals surface area contributed by atoms with Gasteiger partial charge in [0, 0.05) is 12.6 Å². The molecule has 1 atom stereocenters. The summed E-state index contributed by atoms with van der Waals surface area (Å²) in [5.74, 6) is -1.56. The Bertz CT molecular complexity index is 1270. The molecule has 0 spiro atoms. The van der Waals surface area contributed by atoms with Gasteiger partial charge in [0.1, 0.15) is 17.1 Å². The number of aromatic nitrogens is 1. The first-order chi connectivity index (χ1) is 15.9. The van der Waals surface area contributed by atoms with Crippen LogP contribution < -0.4 is 9.64 Å². The number of benzene rings is 3. The number of aromatic carboxylic acids is 1. The fraction of sp³-hybridized carbons (Fsp3) is 0.200. The molecule has 0 aliphatic heterocycles. The standard InChI is InChI=1S/C25H22F2N2O3S/c1-15(17-5-7-18(8-6-17)24(30)31)29(12-11-16-3-9-20(32-2)10-4-16)25-28-23-21(27)13-19(26)14-22(23)33-25/h3-10,13-15H,11-12H2,1-2H3,(H,30,31). The third-order valence-electron chi connectivity index (χ3n) is 5.56. The Morgan fingerprint density at radius 2 is 1.82 bits per heavy atom. The molecule has 5 nitrogen and oxygen atoms in total. The Labute approximate surface area is 193 Å². The highest BCUT2D eigenvalue weighted by atomic mass is 32.1. The second-order valence-corrected chi connectivity index (χ2v) is 8.63. The minimum Gasteiger partial charge on any atom is -0.497 e. The van der Waals surface area contributed by atoms with Crippen LogP contribution in [0.2, 0.25) is 0 Å². The van der Waals surface area contributed by atoms with E-state index in [0.29, 0.717) is 22.8 Å². The molecular weight excluding hydrogens is 446 g/mol. The fourth-order valence-electron chi connectivity index (χ4n) is 3.65. The molecule has 0 amide bonds. The summed E-state index contributed by atoms with van der Waals surface area (Å²) in [5, 5.41) is 9.75. The van der Waals surface area contributed by atoms with Gasteiger partial charge in [0.15, 0.2) is 10.9 Å². The van der Waals surface area contributed by atoms with Crippen molar-refractivity contribution in [3.05, 3.63) is 89.0 Å². The Hall–Kier alpha value is -3.52. The van der Waals surface area contributed by atoms with E-state index in [2.05, 4.69) is 4.98 Å². The summed E-state index contributed by atoms with van der Waals surface area (Å²) in [6.07, 6.45) is 0.689. The molecule has 1 aromatic heterocycles. The molecule has 1 unspecified atom stereocenters. The summed E-state index contributed by atoms with van der Waals surface area (Å²) in [7, 11) is 1.61. The molecule has 4 rings (SSSR count). The first-order valence-electron chi connectivity index (χ1n) is 10.3. The molecule has 3 aromatic carbocycles. The lowest BCUT2D eigenvalue weighted by atomic mass is 10.0. The minimum absolute atomic E-state index is 0.138. The van der Waals surface area contributed by atoms with Crippen LogP contribution in [0.4, 0.5) is 13.9 Å². The van der Waals surface area contributed by atoms with Crippen molar-refractivity contribution in [3.63, 3.8) is 0 Å². The van der Waals surface area contributed by atoms with Crippen molar-refractivity contribution in [1.82, 2.24) is 4.98 Å². The monoisotopic (exact) mass is 468 g/mol. The predicted molar refractivity (Wildman–Crippen MR) is 125 cm³/mol. The van der Waals surface area contributed by atoms with Gasteiger partial charge in [-0.3, -0.25) is 0 Å². The van der Waals surface area contributed by atoms with Crippen LogP contribution in [0.25, 0.3) is 10.2 Å². The molecule has 0 saturated heterocycles. The van der Waals surface area contributed by atoms with E-state index in [0.717, 1.165) is 22.9 Å². The highest BCUT2D eigenvalue weighted by Crippen LogP contribution is 2.35. The molecule has 0 aliphatic rings. The first kappa shape index (κ1) is 22.7. The van der Waals surface area contributed by atoms with Gasteiger partial charge < -0.3 is 14.7 Å². The van der Waals surface area contributed by atoms with Crippen LogP contribution in [-0.4, -0.2) is 29.7 Å². The molecule has 1 N–H and O–H groups in total. The van der Waals surface area contributed by atoms with E-state index in [1.807, 2.05) is 36.1 Å². The van der Waals surface area contributed by atoms with Crippen molar-refractivity contribution in [2.45, 2.75) is 19.4 Å². The molecule has 1 heterocycles. The Morgan fingerprint density at radius 3 is 2.45 bits per heavy atom. The number of halogens is 2. The van der Waals surface area contributed by atoms with Crippen LogP contribution in [0.1, 0.15) is 34.5 Å². The van der Waals surface area contributed by atoms with Gasteiger partial charge in [-0.15, -0.1) is 0 Å². The lowest BCUT2D eigenvalue weighted by Gasteiger charge is -2.29. The average Bonchev–Trinajstić information content (AvgIpc) is 3.23. The molecule has 33 heavy (non-hydrogen) atoms. The number of ether oxygens (including phenoxy) is 1. The van der Waals surface area contributed by atoms with E-state index in [1.165, 1.54) is 17.4 Å². The smallest absolute Gasteiger partial charge is 0.335 e. The third-order valence-corrected chi connectivity index (χ3v) is 6.60. The lowest BCUT2D eigenvalue weighted by molar-refractivity contribution is 0.0697. The summed E-state index contributed by atoms with van der Waals surface area (Å²) in [6, 6.07) is 16.3. The minimum atomic E-state index is -0.991. The van der Waals surface area contributed by atoms with Crippen molar-refractivity contribution >= 4 is 32.7 Å². The summed E-state index contributed by atoms with van der Waals surface area (Å²) in [5.41, 5.74) is 2.32. The third kappa shape index (κ3) is 4.96. The van der Waals surface area contributed by atoms with Gasteiger partial charge in [-0.25, -0.2) is 18.6 Å². The van der Waals surface area contributed by atoms with E-state index >= 15 is 0 Å². The van der Waals surface area contributed by atoms with Crippen LogP contribution in [-0.2, 0) is 6.42 Å². The molecule has 0 radical (unpaired) electrons. The van der Waals surface area contributed by atoms with Crippen molar-refractivity contribution in [3.8, 4) is 5.75 Å². The first-order valence-corrected chi connectivity index (χ1v) is 11.2. The number of carboxylic acid groups (broad SMARTS) is 1. The van der Waals surface area contributed by atoms with Crippen LogP contribution >= 0.6 is 11.3 Å². The zero-order chi connectivity index (χ0) is 23.5. The quantitative estimate of drug-likeness (QED) is 0.339. The zero-order valence-corrected chi connectivity index (χ0v) is 18.9. The summed E-state index contributed by atoms with van der Waals surface area (Å²) in [4.78, 5) is 17.7. The number of methoxy groups -OCH3 is 1. The van der Waals surface area contributed by atoms with E-state index in [-0.39, 0.29) is 17.1 Å². The van der Waals surface area contributed by atoms with Crippen molar-refractivity contribution in [1.29, 1.82) is 0 Å². The van der Waals surface area contributed by atoms with Gasteiger partial charge in [-0.05, 0) is 54.8 Å². The van der Waals surface area contributed by atoms with Gasteiger partial charge in [-0.2, -0.15) is 0 Å². The molecule has 0 aliphatic carbocycles. The maximum absolute atomic E-state index is 14.3. The highest BCUT2D eigenvalue weighted by molar-refractivity contribution is 7.22. The van der Waals surface area contributed by atoms with Gasteiger partial charge in [0.2, 0.25) is 0 Å². The number of hydrogen-bond acceptors (Lipinski definition) is 5. The number of nitrogens with zero attached hydrogens (tertiary/aromatic N) is 2. The maximum atomic E-state index is 14.3. The largest absolute Gasteiger partial charge is 0.497 e. The molecule has 0 fully saturated rings. The molecule has 8 heteroatoms. The van der Waals surface area contributed by atoms with E-state index < -0.39 is 17.6 Å². The molecule has 4 aromatic rings. The van der Waals surface area contributed by atoms with Crippen LogP contribution in [0.5, 0.6) is 5.75 Å². The van der Waals surface area contributed by atoms with Gasteiger partial charge in [0.05, 0.1) is 23.4 Å². The van der Waals surface area contributed by atoms with E-state index in [9.17, 15) is 18.7 Å². The van der Waals surface area contributed by atoms with Crippen molar-refractivity contribution in [2.24, 2.45) is 0 Å². The second-order valence-electron chi connectivity index (χ2n) is 7.63. The summed E-state index contributed by atoms with van der Waals surface area (Å²) < 4.78 is 33.7. The van der Waals surface area contributed by atoms with Gasteiger partial charge in [0.25, 0.3) is 0 Å². The Morgan fingerprint density at radius 1 is 1.12 bits per heavy atom.